The molecule has 0 aliphatic rings. The lowest BCUT2D eigenvalue weighted by Gasteiger charge is -2.07. The molecule has 1 aromatic heterocycles. The summed E-state index contributed by atoms with van der Waals surface area (Å²) in [5.41, 5.74) is 3.05. The van der Waals surface area contributed by atoms with E-state index < -0.39 is 5.97 Å². The highest BCUT2D eigenvalue weighted by Crippen LogP contribution is 2.18. The average Bonchev–Trinajstić information content (AvgIpc) is 2.80. The van der Waals surface area contributed by atoms with Crippen molar-refractivity contribution in [3.8, 4) is 5.69 Å². The molecule has 19 heavy (non-hydrogen) atoms. The van der Waals surface area contributed by atoms with Crippen LogP contribution < -0.4 is 0 Å². The zero-order chi connectivity index (χ0) is 14.0. The molecule has 2 aromatic rings. The topological polar surface area (TPSA) is 57.0 Å². The molecule has 100 valence electrons. The minimum Gasteiger partial charge on any atom is -0.464 e. The van der Waals surface area contributed by atoms with Crippen LogP contribution in [-0.2, 0) is 4.74 Å². The number of aromatic nitrogens is 3. The number of esters is 1. The number of ether oxygens (including phenoxy) is 1. The molecule has 5 heteroatoms. The van der Waals surface area contributed by atoms with Gasteiger partial charge >= 0.3 is 5.97 Å². The number of carbonyl (C=O) groups excluding carboxylic acids is 1. The predicted octanol–water partition coefficient (Wildman–Crippen LogP) is 2.49. The van der Waals surface area contributed by atoms with E-state index >= 15 is 0 Å². The summed E-state index contributed by atoms with van der Waals surface area (Å²) in [5, 5.41) is 7.85. The van der Waals surface area contributed by atoms with E-state index in [1.165, 1.54) is 12.7 Å². The third kappa shape index (κ3) is 2.50. The summed E-state index contributed by atoms with van der Waals surface area (Å²) in [5.74, 6) is 0.0130. The largest absolute Gasteiger partial charge is 0.464 e. The van der Waals surface area contributed by atoms with Crippen molar-refractivity contribution in [3.63, 3.8) is 0 Å². The van der Waals surface area contributed by atoms with E-state index in [0.29, 0.717) is 11.6 Å². The molecule has 0 spiro atoms. The van der Waals surface area contributed by atoms with Gasteiger partial charge in [-0.25, -0.2) is 9.48 Å². The molecule has 0 amide bonds. The number of hydrogen-bond acceptors (Lipinski definition) is 4. The summed E-state index contributed by atoms with van der Waals surface area (Å²) in [4.78, 5) is 11.5. The van der Waals surface area contributed by atoms with Gasteiger partial charge in [0.25, 0.3) is 0 Å². The Morgan fingerprint density at radius 2 is 1.89 bits per heavy atom. The van der Waals surface area contributed by atoms with Crippen LogP contribution in [0.5, 0.6) is 0 Å². The van der Waals surface area contributed by atoms with Gasteiger partial charge in [0.15, 0.2) is 5.69 Å². The van der Waals surface area contributed by atoms with Crippen LogP contribution in [-0.4, -0.2) is 28.1 Å². The Balaban J connectivity index is 2.37. The zero-order valence-corrected chi connectivity index (χ0v) is 11.5. The first kappa shape index (κ1) is 13.3. The Labute approximate surface area is 112 Å². The predicted molar refractivity (Wildman–Crippen MR) is 71.5 cm³/mol. The van der Waals surface area contributed by atoms with Crippen molar-refractivity contribution in [1.82, 2.24) is 15.0 Å². The Morgan fingerprint density at radius 1 is 1.26 bits per heavy atom. The lowest BCUT2D eigenvalue weighted by atomic mass is 10.0. The van der Waals surface area contributed by atoms with Crippen LogP contribution in [0.2, 0.25) is 0 Å². The van der Waals surface area contributed by atoms with Crippen LogP contribution in [0, 0.1) is 6.92 Å². The van der Waals surface area contributed by atoms with E-state index in [0.717, 1.165) is 5.69 Å². The molecule has 2 rings (SSSR count). The SMILES string of the molecule is COC(=O)c1nnn(-c2ccc(C(C)C)cc2)c1C. The van der Waals surface area contributed by atoms with Gasteiger partial charge in [-0.1, -0.05) is 31.2 Å². The second kappa shape index (κ2) is 5.22. The van der Waals surface area contributed by atoms with Gasteiger partial charge < -0.3 is 4.74 Å². The first-order valence-electron chi connectivity index (χ1n) is 6.15. The maximum absolute atomic E-state index is 11.5. The van der Waals surface area contributed by atoms with E-state index in [9.17, 15) is 4.79 Å². The molecule has 0 radical (unpaired) electrons. The quantitative estimate of drug-likeness (QED) is 0.795. The average molecular weight is 259 g/mol. The summed E-state index contributed by atoms with van der Waals surface area (Å²) < 4.78 is 6.30. The normalized spacial score (nSPS) is 10.8. The van der Waals surface area contributed by atoms with E-state index in [-0.39, 0.29) is 5.69 Å². The van der Waals surface area contributed by atoms with Gasteiger partial charge in [0.1, 0.15) is 0 Å². The number of hydrogen-bond donors (Lipinski definition) is 0. The summed E-state index contributed by atoms with van der Waals surface area (Å²) in [7, 11) is 1.33. The number of rotatable bonds is 3. The lowest BCUT2D eigenvalue weighted by Crippen LogP contribution is -2.05. The minimum atomic E-state index is -0.470. The maximum Gasteiger partial charge on any atom is 0.360 e. The highest BCUT2D eigenvalue weighted by atomic mass is 16.5. The van der Waals surface area contributed by atoms with Crippen molar-refractivity contribution in [2.75, 3.05) is 7.11 Å². The van der Waals surface area contributed by atoms with Gasteiger partial charge in [0.2, 0.25) is 0 Å². The first-order chi connectivity index (χ1) is 9.04. The Bertz CT molecular complexity index is 585. The van der Waals surface area contributed by atoms with Crippen LogP contribution in [0.3, 0.4) is 0 Å². The van der Waals surface area contributed by atoms with Crippen LogP contribution in [0.15, 0.2) is 24.3 Å². The Hall–Kier alpha value is -2.17. The molecule has 0 unspecified atom stereocenters. The molecule has 0 bridgehead atoms. The van der Waals surface area contributed by atoms with Gasteiger partial charge in [-0.15, -0.1) is 5.10 Å². The molecule has 1 heterocycles. The van der Waals surface area contributed by atoms with Gasteiger partial charge in [-0.2, -0.15) is 0 Å². The van der Waals surface area contributed by atoms with Gasteiger partial charge in [-0.05, 0) is 30.5 Å². The van der Waals surface area contributed by atoms with Gasteiger partial charge in [0, 0.05) is 0 Å². The summed E-state index contributed by atoms with van der Waals surface area (Å²) in [6.45, 7) is 6.08. The maximum atomic E-state index is 11.5. The molecule has 1 aromatic carbocycles. The van der Waals surface area contributed by atoms with E-state index in [1.807, 2.05) is 12.1 Å². The first-order valence-corrected chi connectivity index (χ1v) is 6.15. The van der Waals surface area contributed by atoms with E-state index in [4.69, 9.17) is 0 Å². The standard InChI is InChI=1S/C14H17N3O2/c1-9(2)11-5-7-12(8-6-11)17-10(3)13(15-16-17)14(18)19-4/h5-9H,1-4H3. The van der Waals surface area contributed by atoms with E-state index in [1.54, 1.807) is 11.6 Å². The van der Waals surface area contributed by atoms with Crippen molar-refractivity contribution in [2.45, 2.75) is 26.7 Å². The Morgan fingerprint density at radius 3 is 2.42 bits per heavy atom. The van der Waals surface area contributed by atoms with Crippen molar-refractivity contribution < 1.29 is 9.53 Å². The summed E-state index contributed by atoms with van der Waals surface area (Å²) in [6, 6.07) is 8.05. The smallest absolute Gasteiger partial charge is 0.360 e. The highest BCUT2D eigenvalue weighted by Gasteiger charge is 2.17. The van der Waals surface area contributed by atoms with Crippen molar-refractivity contribution in [1.29, 1.82) is 0 Å². The molecule has 0 aliphatic heterocycles. The molecule has 0 N–H and O–H groups in total. The van der Waals surface area contributed by atoms with Gasteiger partial charge in [0.05, 0.1) is 18.5 Å². The molecule has 0 aliphatic carbocycles. The molecular formula is C14H17N3O2. The lowest BCUT2D eigenvalue weighted by molar-refractivity contribution is 0.0593. The van der Waals surface area contributed by atoms with Crippen LogP contribution >= 0.6 is 0 Å². The number of methoxy groups -OCH3 is 1. The molecule has 0 saturated heterocycles. The number of carbonyl (C=O) groups is 1. The fraction of sp³-hybridized carbons (Fsp3) is 0.357. The highest BCUT2D eigenvalue weighted by molar-refractivity contribution is 5.88. The third-order valence-corrected chi connectivity index (χ3v) is 3.08. The second-order valence-corrected chi connectivity index (χ2v) is 4.67. The Kier molecular flexibility index (Phi) is 3.64. The van der Waals surface area contributed by atoms with Crippen LogP contribution in [0.1, 0.15) is 41.5 Å². The molecule has 5 nitrogen and oxygen atoms in total. The van der Waals surface area contributed by atoms with E-state index in [2.05, 4.69) is 41.0 Å². The van der Waals surface area contributed by atoms with Gasteiger partial charge in [-0.3, -0.25) is 0 Å². The molecule has 0 fully saturated rings. The monoisotopic (exact) mass is 259 g/mol. The zero-order valence-electron chi connectivity index (χ0n) is 11.5. The second-order valence-electron chi connectivity index (χ2n) is 4.67. The number of nitrogens with zero attached hydrogens (tertiary/aromatic N) is 3. The van der Waals surface area contributed by atoms with Crippen molar-refractivity contribution in [3.05, 3.63) is 41.2 Å². The summed E-state index contributed by atoms with van der Waals surface area (Å²) >= 11 is 0. The van der Waals surface area contributed by atoms with Crippen LogP contribution in [0.25, 0.3) is 5.69 Å². The molecule has 0 atom stereocenters. The van der Waals surface area contributed by atoms with Crippen LogP contribution in [0.4, 0.5) is 0 Å². The number of benzene rings is 1. The fourth-order valence-electron chi connectivity index (χ4n) is 1.86. The fourth-order valence-corrected chi connectivity index (χ4v) is 1.86. The minimum absolute atomic E-state index is 0.246. The molecule has 0 saturated carbocycles. The van der Waals surface area contributed by atoms with Crippen molar-refractivity contribution in [2.24, 2.45) is 0 Å². The molecular weight excluding hydrogens is 242 g/mol. The third-order valence-electron chi connectivity index (χ3n) is 3.08. The summed E-state index contributed by atoms with van der Waals surface area (Å²) in [6.07, 6.45) is 0. The van der Waals surface area contributed by atoms with Crippen molar-refractivity contribution >= 4 is 5.97 Å².